The van der Waals surface area contributed by atoms with Crippen LogP contribution in [0.25, 0.3) is 0 Å². The van der Waals surface area contributed by atoms with Crippen LogP contribution in [0.1, 0.15) is 47.0 Å². The zero-order chi connectivity index (χ0) is 18.6. The average molecular weight is 351 g/mol. The molecule has 2 N–H and O–H groups in total. The van der Waals surface area contributed by atoms with Gasteiger partial charge in [0.25, 0.3) is 0 Å². The van der Waals surface area contributed by atoms with E-state index in [4.69, 9.17) is 0 Å². The maximum Gasteiger partial charge on any atom is 0.313 e. The molecule has 0 aromatic rings. The van der Waals surface area contributed by atoms with Gasteiger partial charge in [-0.1, -0.05) is 0 Å². The van der Waals surface area contributed by atoms with E-state index in [2.05, 4.69) is 37.9 Å². The Kier molecular flexibility index (Phi) is 4.44. The molecule has 3 aliphatic heterocycles. The third kappa shape index (κ3) is 3.56. The lowest BCUT2D eigenvalue weighted by Gasteiger charge is -2.46. The highest BCUT2D eigenvalue weighted by Crippen LogP contribution is 2.43. The van der Waals surface area contributed by atoms with Gasteiger partial charge in [-0.15, -0.1) is 0 Å². The van der Waals surface area contributed by atoms with Crippen LogP contribution >= 0.6 is 0 Å². The van der Waals surface area contributed by atoms with Crippen LogP contribution in [-0.2, 0) is 9.59 Å². The summed E-state index contributed by atoms with van der Waals surface area (Å²) in [7, 11) is 1.97. The molecule has 0 bridgehead atoms. The van der Waals surface area contributed by atoms with Crippen LogP contribution in [0.4, 0.5) is 0 Å². The van der Waals surface area contributed by atoms with Gasteiger partial charge in [-0.2, -0.15) is 0 Å². The Morgan fingerprint density at radius 3 is 2.20 bits per heavy atom. The Labute approximate surface area is 150 Å². The van der Waals surface area contributed by atoms with Crippen molar-refractivity contribution in [3.63, 3.8) is 0 Å². The number of fused-ring (bicyclic) bond motifs is 1. The molecule has 0 spiro atoms. The van der Waals surface area contributed by atoms with Gasteiger partial charge in [-0.05, 0) is 53.5 Å². The van der Waals surface area contributed by atoms with E-state index in [-0.39, 0.29) is 22.9 Å². The summed E-state index contributed by atoms with van der Waals surface area (Å²) in [5, 5.41) is 13.4. The number of carbonyl (C=O) groups is 2. The summed E-state index contributed by atoms with van der Waals surface area (Å²) in [5.41, 5.74) is -0.713. The molecule has 3 fully saturated rings. The molecule has 6 heteroatoms. The molecule has 0 aromatic carbocycles. The number of carboxylic acid groups (broad SMARTS) is 1. The van der Waals surface area contributed by atoms with Gasteiger partial charge in [0, 0.05) is 49.6 Å². The fourth-order valence-corrected chi connectivity index (χ4v) is 5.86. The van der Waals surface area contributed by atoms with Gasteiger partial charge in [0.05, 0.1) is 0 Å². The SMILES string of the molecule is CN1C[C@H]2CN(C(=O)CC3CC(C)(C)NC(C)(C)C3)C[C@@]2(C(=O)O)C1. The Morgan fingerprint density at radius 2 is 1.68 bits per heavy atom. The van der Waals surface area contributed by atoms with Crippen LogP contribution in [0.5, 0.6) is 0 Å². The second-order valence-electron chi connectivity index (χ2n) is 10.0. The molecule has 6 nitrogen and oxygen atoms in total. The lowest BCUT2D eigenvalue weighted by Crippen LogP contribution is -2.58. The molecule has 3 heterocycles. The van der Waals surface area contributed by atoms with Crippen LogP contribution in [0.15, 0.2) is 0 Å². The number of aliphatic carboxylic acids is 1. The van der Waals surface area contributed by atoms with E-state index in [1.165, 1.54) is 0 Å². The van der Waals surface area contributed by atoms with Crippen molar-refractivity contribution in [2.75, 3.05) is 33.2 Å². The number of nitrogens with one attached hydrogen (secondary N) is 1. The first kappa shape index (κ1) is 18.6. The lowest BCUT2D eigenvalue weighted by atomic mass is 9.74. The van der Waals surface area contributed by atoms with Gasteiger partial charge in [0.2, 0.25) is 5.91 Å². The zero-order valence-corrected chi connectivity index (χ0v) is 16.3. The molecule has 0 unspecified atom stereocenters. The monoisotopic (exact) mass is 351 g/mol. The number of carbonyl (C=O) groups excluding carboxylic acids is 1. The van der Waals surface area contributed by atoms with E-state index in [0.717, 1.165) is 19.4 Å². The average Bonchev–Trinajstić information content (AvgIpc) is 2.88. The molecule has 142 valence electrons. The number of amides is 1. The molecule has 0 aromatic heterocycles. The summed E-state index contributed by atoms with van der Waals surface area (Å²) in [5.74, 6) is -0.208. The third-order valence-electron chi connectivity index (χ3n) is 6.30. The normalized spacial score (nSPS) is 34.9. The van der Waals surface area contributed by atoms with Crippen molar-refractivity contribution >= 4 is 11.9 Å². The summed E-state index contributed by atoms with van der Waals surface area (Å²) in [6.45, 7) is 11.1. The Balaban J connectivity index is 1.66. The first-order valence-electron chi connectivity index (χ1n) is 9.42. The maximum atomic E-state index is 12.9. The Bertz CT molecular complexity index is 558. The first-order chi connectivity index (χ1) is 11.4. The van der Waals surface area contributed by atoms with Gasteiger partial charge < -0.3 is 20.2 Å². The third-order valence-corrected chi connectivity index (χ3v) is 6.30. The fourth-order valence-electron chi connectivity index (χ4n) is 5.86. The number of likely N-dealkylation sites (tertiary alicyclic amines) is 2. The molecule has 3 saturated heterocycles. The van der Waals surface area contributed by atoms with Gasteiger partial charge >= 0.3 is 5.97 Å². The molecule has 2 atom stereocenters. The molecular formula is C19H33N3O3. The van der Waals surface area contributed by atoms with Crippen LogP contribution in [0, 0.1) is 17.3 Å². The number of piperidine rings is 1. The van der Waals surface area contributed by atoms with E-state index in [1.54, 1.807) is 0 Å². The van der Waals surface area contributed by atoms with Gasteiger partial charge in [-0.3, -0.25) is 9.59 Å². The van der Waals surface area contributed by atoms with Gasteiger partial charge in [0.15, 0.2) is 0 Å². The van der Waals surface area contributed by atoms with Gasteiger partial charge in [0.1, 0.15) is 5.41 Å². The van der Waals surface area contributed by atoms with Crippen LogP contribution in [0.2, 0.25) is 0 Å². The van der Waals surface area contributed by atoms with Crippen molar-refractivity contribution in [2.45, 2.75) is 58.0 Å². The number of rotatable bonds is 3. The minimum atomic E-state index is -0.767. The van der Waals surface area contributed by atoms with Crippen molar-refractivity contribution in [1.29, 1.82) is 0 Å². The van der Waals surface area contributed by atoms with E-state index < -0.39 is 11.4 Å². The van der Waals surface area contributed by atoms with Crippen molar-refractivity contribution in [2.24, 2.45) is 17.3 Å². The highest BCUT2D eigenvalue weighted by molar-refractivity contribution is 5.82. The van der Waals surface area contributed by atoms with Gasteiger partial charge in [-0.25, -0.2) is 0 Å². The number of nitrogens with zero attached hydrogens (tertiary/aromatic N) is 2. The number of carboxylic acids is 1. The van der Waals surface area contributed by atoms with E-state index in [1.807, 2.05) is 11.9 Å². The summed E-state index contributed by atoms with van der Waals surface area (Å²) >= 11 is 0. The standard InChI is InChI=1S/C19H33N3O3/c1-17(2)7-13(8-18(3,4)20-17)6-15(23)22-10-14-9-21(5)11-19(14,12-22)16(24)25/h13-14,20H,6-12H2,1-5H3,(H,24,25)/t14-,19-/m0/s1. The predicted octanol–water partition coefficient (Wildman–Crippen LogP) is 1.41. The molecule has 25 heavy (non-hydrogen) atoms. The summed E-state index contributed by atoms with van der Waals surface area (Å²) in [6, 6.07) is 0. The predicted molar refractivity (Wildman–Crippen MR) is 96.3 cm³/mol. The van der Waals surface area contributed by atoms with Crippen LogP contribution in [0.3, 0.4) is 0 Å². The van der Waals surface area contributed by atoms with Crippen LogP contribution < -0.4 is 5.32 Å². The van der Waals surface area contributed by atoms with E-state index in [0.29, 0.717) is 32.0 Å². The molecule has 3 aliphatic rings. The van der Waals surface area contributed by atoms with Crippen molar-refractivity contribution in [1.82, 2.24) is 15.1 Å². The molecule has 0 saturated carbocycles. The van der Waals surface area contributed by atoms with E-state index >= 15 is 0 Å². The fraction of sp³-hybridized carbons (Fsp3) is 0.895. The zero-order valence-electron chi connectivity index (χ0n) is 16.3. The number of hydrogen-bond donors (Lipinski definition) is 2. The molecular weight excluding hydrogens is 318 g/mol. The largest absolute Gasteiger partial charge is 0.481 e. The highest BCUT2D eigenvalue weighted by atomic mass is 16.4. The molecule has 0 aliphatic carbocycles. The molecule has 1 amide bonds. The second kappa shape index (κ2) is 5.95. The summed E-state index contributed by atoms with van der Waals surface area (Å²) in [6.07, 6.45) is 2.49. The topological polar surface area (TPSA) is 72.9 Å². The highest BCUT2D eigenvalue weighted by Gasteiger charge is 2.57. The summed E-state index contributed by atoms with van der Waals surface area (Å²) < 4.78 is 0. The van der Waals surface area contributed by atoms with Crippen molar-refractivity contribution in [3.05, 3.63) is 0 Å². The molecule has 3 rings (SSSR count). The van der Waals surface area contributed by atoms with E-state index in [9.17, 15) is 14.7 Å². The van der Waals surface area contributed by atoms with Crippen LogP contribution in [-0.4, -0.2) is 71.1 Å². The van der Waals surface area contributed by atoms with Crippen molar-refractivity contribution < 1.29 is 14.7 Å². The minimum Gasteiger partial charge on any atom is -0.481 e. The minimum absolute atomic E-state index is 0.0270. The molecule has 0 radical (unpaired) electrons. The smallest absolute Gasteiger partial charge is 0.313 e. The second-order valence-corrected chi connectivity index (χ2v) is 10.0. The first-order valence-corrected chi connectivity index (χ1v) is 9.42. The summed E-state index contributed by atoms with van der Waals surface area (Å²) in [4.78, 5) is 28.7. The lowest BCUT2D eigenvalue weighted by molar-refractivity contribution is -0.149. The quantitative estimate of drug-likeness (QED) is 0.804. The van der Waals surface area contributed by atoms with Crippen molar-refractivity contribution in [3.8, 4) is 0 Å². The number of hydrogen-bond acceptors (Lipinski definition) is 4. The Morgan fingerprint density at radius 1 is 1.08 bits per heavy atom. The maximum absolute atomic E-state index is 12.9. The Hall–Kier alpha value is -1.14.